The van der Waals surface area contributed by atoms with Gasteiger partial charge in [0.05, 0.1) is 5.75 Å². The zero-order chi connectivity index (χ0) is 20.8. The van der Waals surface area contributed by atoms with Gasteiger partial charge in [0.25, 0.3) is 0 Å². The molecule has 1 aromatic heterocycles. The van der Waals surface area contributed by atoms with Gasteiger partial charge in [-0.1, -0.05) is 55.9 Å². The first-order chi connectivity index (χ1) is 14.0. The quantitative estimate of drug-likeness (QED) is 0.431. The van der Waals surface area contributed by atoms with Crippen LogP contribution in [-0.4, -0.2) is 26.5 Å². The molecule has 152 valence electrons. The highest BCUT2D eigenvalue weighted by Gasteiger charge is 2.14. The lowest BCUT2D eigenvalue weighted by atomic mass is 9.99. The van der Waals surface area contributed by atoms with Gasteiger partial charge in [-0.15, -0.1) is 10.2 Å². The maximum absolute atomic E-state index is 13.8. The predicted octanol–water partition coefficient (Wildman–Crippen LogP) is 3.97. The van der Waals surface area contributed by atoms with Crippen molar-refractivity contribution < 1.29 is 9.18 Å². The second kappa shape index (κ2) is 9.56. The van der Waals surface area contributed by atoms with Crippen molar-refractivity contribution in [3.63, 3.8) is 0 Å². The number of hydrogen-bond donors (Lipinski definition) is 2. The van der Waals surface area contributed by atoms with Gasteiger partial charge < -0.3 is 11.2 Å². The van der Waals surface area contributed by atoms with Crippen LogP contribution in [0.5, 0.6) is 0 Å². The monoisotopic (exact) mass is 413 g/mol. The Morgan fingerprint density at radius 2 is 1.93 bits per heavy atom. The van der Waals surface area contributed by atoms with Gasteiger partial charge in [-0.25, -0.2) is 9.07 Å². The molecule has 1 amide bonds. The Morgan fingerprint density at radius 1 is 1.21 bits per heavy atom. The molecule has 0 saturated heterocycles. The summed E-state index contributed by atoms with van der Waals surface area (Å²) >= 11 is 1.18. The Kier molecular flexibility index (Phi) is 6.87. The third-order valence-corrected chi connectivity index (χ3v) is 5.69. The van der Waals surface area contributed by atoms with Crippen molar-refractivity contribution in [1.82, 2.24) is 14.9 Å². The van der Waals surface area contributed by atoms with Gasteiger partial charge >= 0.3 is 0 Å². The molecule has 0 radical (unpaired) electrons. The van der Waals surface area contributed by atoms with Crippen LogP contribution in [0.4, 0.5) is 10.1 Å². The van der Waals surface area contributed by atoms with E-state index in [2.05, 4.69) is 29.4 Å². The molecule has 1 heterocycles. The average molecular weight is 414 g/mol. The zero-order valence-corrected chi connectivity index (χ0v) is 17.2. The Morgan fingerprint density at radius 3 is 2.62 bits per heavy atom. The molecule has 0 aliphatic rings. The highest BCUT2D eigenvalue weighted by molar-refractivity contribution is 7.99. The number of halogens is 1. The van der Waals surface area contributed by atoms with E-state index in [-0.39, 0.29) is 23.9 Å². The van der Waals surface area contributed by atoms with Gasteiger partial charge in [0.15, 0.2) is 5.82 Å². The predicted molar refractivity (Wildman–Crippen MR) is 114 cm³/mol. The molecule has 2 aromatic carbocycles. The zero-order valence-electron chi connectivity index (χ0n) is 16.4. The summed E-state index contributed by atoms with van der Waals surface area (Å²) in [7, 11) is 0. The van der Waals surface area contributed by atoms with Crippen LogP contribution in [-0.2, 0) is 11.2 Å². The van der Waals surface area contributed by atoms with E-state index in [0.717, 1.165) is 12.1 Å². The lowest BCUT2D eigenvalue weighted by molar-refractivity contribution is -0.113. The number of nitrogens with two attached hydrogens (primary N) is 1. The molecule has 0 aliphatic heterocycles. The molecule has 3 N–H and O–H groups in total. The number of carbonyl (C=O) groups excluding carboxylic acids is 1. The number of nitrogens with one attached hydrogen (secondary N) is 1. The number of anilines is 1. The van der Waals surface area contributed by atoms with E-state index in [9.17, 15) is 9.18 Å². The highest BCUT2D eigenvalue weighted by Crippen LogP contribution is 2.21. The summed E-state index contributed by atoms with van der Waals surface area (Å²) in [6.07, 6.45) is 1.30. The van der Waals surface area contributed by atoms with Crippen LogP contribution >= 0.6 is 11.8 Å². The smallest absolute Gasteiger partial charge is 0.234 e. The molecule has 6 nitrogen and oxygen atoms in total. The molecule has 3 rings (SSSR count). The van der Waals surface area contributed by atoms with Crippen molar-refractivity contribution in [1.29, 1.82) is 0 Å². The highest BCUT2D eigenvalue weighted by atomic mass is 32.2. The summed E-state index contributed by atoms with van der Waals surface area (Å²) in [5.74, 6) is 6.60. The Balaban J connectivity index is 1.55. The number of rotatable bonds is 8. The number of nitrogens with zero attached hydrogens (tertiary/aromatic N) is 3. The van der Waals surface area contributed by atoms with Crippen LogP contribution in [0.1, 0.15) is 43.1 Å². The number of carbonyl (C=O) groups is 1. The maximum Gasteiger partial charge on any atom is 0.234 e. The second-order valence-electron chi connectivity index (χ2n) is 6.81. The van der Waals surface area contributed by atoms with Gasteiger partial charge in [0.1, 0.15) is 5.82 Å². The van der Waals surface area contributed by atoms with E-state index in [1.165, 1.54) is 28.1 Å². The minimum atomic E-state index is -0.316. The van der Waals surface area contributed by atoms with Gasteiger partial charge in [0.2, 0.25) is 11.1 Å². The Labute approximate surface area is 173 Å². The van der Waals surface area contributed by atoms with Crippen molar-refractivity contribution >= 4 is 23.4 Å². The van der Waals surface area contributed by atoms with Gasteiger partial charge in [-0.3, -0.25) is 4.79 Å². The fourth-order valence-electron chi connectivity index (χ4n) is 2.80. The molecule has 0 fully saturated rings. The van der Waals surface area contributed by atoms with Gasteiger partial charge in [0, 0.05) is 12.1 Å². The normalized spacial score (nSPS) is 12.0. The van der Waals surface area contributed by atoms with Crippen molar-refractivity contribution in [2.24, 2.45) is 0 Å². The second-order valence-corrected chi connectivity index (χ2v) is 7.75. The maximum atomic E-state index is 13.8. The number of thioether (sulfide) groups is 1. The third-order valence-electron chi connectivity index (χ3n) is 4.75. The van der Waals surface area contributed by atoms with Crippen LogP contribution in [0.3, 0.4) is 0 Å². The first-order valence-electron chi connectivity index (χ1n) is 9.43. The molecule has 0 unspecified atom stereocenters. The first-order valence-corrected chi connectivity index (χ1v) is 10.4. The molecule has 0 bridgehead atoms. The molecule has 0 saturated carbocycles. The van der Waals surface area contributed by atoms with E-state index in [4.69, 9.17) is 5.84 Å². The molecule has 29 heavy (non-hydrogen) atoms. The number of nitrogen functional groups attached to an aromatic ring is 1. The Hall–Kier alpha value is -2.87. The number of benzene rings is 2. The van der Waals surface area contributed by atoms with E-state index in [1.807, 2.05) is 24.3 Å². The van der Waals surface area contributed by atoms with Crippen molar-refractivity contribution in [2.75, 3.05) is 16.9 Å². The topological polar surface area (TPSA) is 85.8 Å². The first kappa shape index (κ1) is 20.9. The van der Waals surface area contributed by atoms with E-state index in [0.29, 0.717) is 22.5 Å². The molecule has 1 atom stereocenters. The summed E-state index contributed by atoms with van der Waals surface area (Å²) in [6, 6.07) is 14.3. The Bertz CT molecular complexity index is 973. The van der Waals surface area contributed by atoms with Crippen molar-refractivity contribution in [3.05, 3.63) is 71.3 Å². The van der Waals surface area contributed by atoms with Crippen LogP contribution in [0.25, 0.3) is 0 Å². The summed E-state index contributed by atoms with van der Waals surface area (Å²) in [5.41, 5.74) is 2.48. The fraction of sp³-hybridized carbons (Fsp3) is 0.286. The van der Waals surface area contributed by atoms with Crippen LogP contribution in [0.15, 0.2) is 53.7 Å². The van der Waals surface area contributed by atoms with E-state index < -0.39 is 0 Å². The number of amides is 1. The largest absolute Gasteiger partial charge is 0.336 e. The SMILES string of the molecule is CC[C@H](C)c1ccc(NC(=O)CSc2nnc(Cc3ccccc3F)n2N)cc1. The lowest BCUT2D eigenvalue weighted by Crippen LogP contribution is -2.17. The van der Waals surface area contributed by atoms with E-state index in [1.54, 1.807) is 18.2 Å². The fourth-order valence-corrected chi connectivity index (χ4v) is 3.47. The number of aromatic nitrogens is 3. The minimum Gasteiger partial charge on any atom is -0.336 e. The minimum absolute atomic E-state index is 0.141. The summed E-state index contributed by atoms with van der Waals surface area (Å²) in [5, 5.41) is 11.3. The van der Waals surface area contributed by atoms with Gasteiger partial charge in [-0.2, -0.15) is 0 Å². The van der Waals surface area contributed by atoms with Crippen LogP contribution in [0, 0.1) is 5.82 Å². The third kappa shape index (κ3) is 5.35. The van der Waals surface area contributed by atoms with Crippen molar-refractivity contribution in [3.8, 4) is 0 Å². The summed E-state index contributed by atoms with van der Waals surface area (Å²) < 4.78 is 15.1. The lowest BCUT2D eigenvalue weighted by Gasteiger charge is -2.10. The van der Waals surface area contributed by atoms with Crippen molar-refractivity contribution in [2.45, 2.75) is 37.8 Å². The number of hydrogen-bond acceptors (Lipinski definition) is 5. The summed E-state index contributed by atoms with van der Waals surface area (Å²) in [6.45, 7) is 4.32. The molecule has 3 aromatic rings. The van der Waals surface area contributed by atoms with Crippen LogP contribution in [0.2, 0.25) is 0 Å². The molecular weight excluding hydrogens is 389 g/mol. The molecule has 8 heteroatoms. The van der Waals surface area contributed by atoms with Gasteiger partial charge in [-0.05, 0) is 41.7 Å². The summed E-state index contributed by atoms with van der Waals surface area (Å²) in [4.78, 5) is 12.2. The standard InChI is InChI=1S/C21H24FN5OS/c1-3-14(2)15-8-10-17(11-9-15)24-20(28)13-29-21-26-25-19(27(21)23)12-16-6-4-5-7-18(16)22/h4-11,14H,3,12-13,23H2,1-2H3,(H,24,28)/t14-/m0/s1. The van der Waals surface area contributed by atoms with Crippen LogP contribution < -0.4 is 11.2 Å². The molecule has 0 spiro atoms. The van der Waals surface area contributed by atoms with E-state index >= 15 is 0 Å². The molecular formula is C21H24FN5OS. The molecule has 0 aliphatic carbocycles. The average Bonchev–Trinajstić information content (AvgIpc) is 3.07.